The lowest BCUT2D eigenvalue weighted by molar-refractivity contribution is -0.135. The van der Waals surface area contributed by atoms with E-state index in [9.17, 15) is 9.90 Å². The molecule has 0 spiro atoms. The third-order valence-electron chi connectivity index (χ3n) is 7.58. The SMILES string of the molecule is NCC1(O)C(=O)N(C2CCN(C3Cc4cccc5cccc3c45)CC2)c2ccccc21. The van der Waals surface area contributed by atoms with E-state index in [1.165, 1.54) is 21.9 Å². The number of amides is 1. The molecule has 3 aromatic rings. The first-order valence-electron chi connectivity index (χ1n) is 11.2. The van der Waals surface area contributed by atoms with Crippen LogP contribution in [0.4, 0.5) is 5.69 Å². The molecule has 5 nitrogen and oxygen atoms in total. The van der Waals surface area contributed by atoms with Crippen molar-refractivity contribution in [1.82, 2.24) is 4.90 Å². The van der Waals surface area contributed by atoms with E-state index in [-0.39, 0.29) is 18.5 Å². The zero-order valence-electron chi connectivity index (χ0n) is 17.5. The summed E-state index contributed by atoms with van der Waals surface area (Å²) in [5.74, 6) is -0.271. The van der Waals surface area contributed by atoms with Crippen LogP contribution in [0.5, 0.6) is 0 Å². The van der Waals surface area contributed by atoms with Crippen molar-refractivity contribution >= 4 is 22.4 Å². The lowest BCUT2D eigenvalue weighted by Gasteiger charge is -2.40. The first kappa shape index (κ1) is 19.0. The average Bonchev–Trinajstić information content (AvgIpc) is 3.30. The highest BCUT2D eigenvalue weighted by Crippen LogP contribution is 2.44. The Balaban J connectivity index is 1.24. The van der Waals surface area contributed by atoms with Crippen LogP contribution in [0.15, 0.2) is 60.7 Å². The van der Waals surface area contributed by atoms with Gasteiger partial charge in [-0.25, -0.2) is 0 Å². The number of carbonyl (C=O) groups excluding carboxylic acids is 1. The van der Waals surface area contributed by atoms with Gasteiger partial charge in [-0.1, -0.05) is 54.6 Å². The second-order valence-corrected chi connectivity index (χ2v) is 9.11. The number of fused-ring (bicyclic) bond motifs is 1. The van der Waals surface area contributed by atoms with E-state index in [1.807, 2.05) is 29.2 Å². The number of anilines is 1. The Morgan fingerprint density at radius 2 is 1.74 bits per heavy atom. The van der Waals surface area contributed by atoms with Crippen molar-refractivity contribution in [3.05, 3.63) is 77.4 Å². The Bertz CT molecular complexity index is 1180. The fraction of sp³-hybridized carbons (Fsp3) is 0.346. The monoisotopic (exact) mass is 413 g/mol. The number of benzene rings is 3. The van der Waals surface area contributed by atoms with Crippen molar-refractivity contribution in [2.24, 2.45) is 5.73 Å². The highest BCUT2D eigenvalue weighted by molar-refractivity contribution is 6.07. The van der Waals surface area contributed by atoms with E-state index in [0.717, 1.165) is 38.0 Å². The largest absolute Gasteiger partial charge is 0.374 e. The Morgan fingerprint density at radius 1 is 1.00 bits per heavy atom. The molecule has 2 atom stereocenters. The lowest BCUT2D eigenvalue weighted by atomic mass is 9.96. The molecular formula is C26H27N3O2. The van der Waals surface area contributed by atoms with Crippen LogP contribution in [0.3, 0.4) is 0 Å². The zero-order valence-corrected chi connectivity index (χ0v) is 17.5. The van der Waals surface area contributed by atoms with E-state index in [4.69, 9.17) is 5.73 Å². The molecule has 3 aliphatic rings. The second-order valence-electron chi connectivity index (χ2n) is 9.11. The van der Waals surface area contributed by atoms with Gasteiger partial charge in [0.2, 0.25) is 0 Å². The summed E-state index contributed by atoms with van der Waals surface area (Å²) in [6, 6.07) is 21.3. The van der Waals surface area contributed by atoms with Gasteiger partial charge in [-0.2, -0.15) is 0 Å². The molecule has 158 valence electrons. The summed E-state index contributed by atoms with van der Waals surface area (Å²) in [7, 11) is 0. The molecule has 5 heteroatoms. The predicted molar refractivity (Wildman–Crippen MR) is 122 cm³/mol. The van der Waals surface area contributed by atoms with Gasteiger partial charge in [0, 0.05) is 37.3 Å². The summed E-state index contributed by atoms with van der Waals surface area (Å²) >= 11 is 0. The Labute approximate surface area is 182 Å². The molecule has 0 saturated carbocycles. The number of para-hydroxylation sites is 1. The molecule has 0 bridgehead atoms. The molecule has 1 saturated heterocycles. The number of nitrogens with two attached hydrogens (primary N) is 1. The second kappa shape index (κ2) is 6.89. The number of hydrogen-bond acceptors (Lipinski definition) is 4. The van der Waals surface area contributed by atoms with Gasteiger partial charge in [0.25, 0.3) is 5.91 Å². The minimum Gasteiger partial charge on any atom is -0.374 e. The first-order valence-corrected chi connectivity index (χ1v) is 11.2. The number of carbonyl (C=O) groups is 1. The van der Waals surface area contributed by atoms with Crippen LogP contribution in [0.25, 0.3) is 10.8 Å². The van der Waals surface area contributed by atoms with Crippen molar-refractivity contribution in [2.45, 2.75) is 36.9 Å². The maximum absolute atomic E-state index is 13.2. The van der Waals surface area contributed by atoms with Gasteiger partial charge >= 0.3 is 0 Å². The summed E-state index contributed by atoms with van der Waals surface area (Å²) in [6.45, 7) is 1.78. The summed E-state index contributed by atoms with van der Waals surface area (Å²) in [4.78, 5) is 17.6. The van der Waals surface area contributed by atoms with E-state index < -0.39 is 5.60 Å². The molecule has 31 heavy (non-hydrogen) atoms. The lowest BCUT2D eigenvalue weighted by Crippen LogP contribution is -2.52. The highest BCUT2D eigenvalue weighted by Gasteiger charge is 2.51. The molecule has 0 aromatic heterocycles. The van der Waals surface area contributed by atoms with Gasteiger partial charge in [0.05, 0.1) is 5.69 Å². The van der Waals surface area contributed by atoms with Crippen molar-refractivity contribution in [3.63, 3.8) is 0 Å². The zero-order chi connectivity index (χ0) is 21.2. The normalized spacial score (nSPS) is 26.1. The molecule has 2 heterocycles. The molecule has 6 rings (SSSR count). The highest BCUT2D eigenvalue weighted by atomic mass is 16.3. The Hall–Kier alpha value is -2.73. The maximum Gasteiger partial charge on any atom is 0.265 e. The number of hydrogen-bond donors (Lipinski definition) is 2. The number of likely N-dealkylation sites (tertiary alicyclic amines) is 1. The van der Waals surface area contributed by atoms with Crippen LogP contribution >= 0.6 is 0 Å². The molecule has 0 radical (unpaired) electrons. The van der Waals surface area contributed by atoms with Crippen molar-refractivity contribution in [3.8, 4) is 0 Å². The number of rotatable bonds is 3. The summed E-state index contributed by atoms with van der Waals surface area (Å²) in [6.07, 6.45) is 2.84. The van der Waals surface area contributed by atoms with Crippen molar-refractivity contribution < 1.29 is 9.90 Å². The smallest absolute Gasteiger partial charge is 0.265 e. The van der Waals surface area contributed by atoms with E-state index in [1.54, 1.807) is 0 Å². The molecule has 1 fully saturated rings. The standard InChI is InChI=1S/C26H27N3O2/c27-16-26(31)21-9-1-2-10-22(21)29(25(26)30)19-11-13-28(14-12-19)23-15-18-7-3-5-17-6-4-8-20(23)24(17)18/h1-10,19,23,31H,11-16,27H2. The summed E-state index contributed by atoms with van der Waals surface area (Å²) in [5.41, 5.74) is 8.58. The maximum atomic E-state index is 13.2. The quantitative estimate of drug-likeness (QED) is 0.692. The van der Waals surface area contributed by atoms with Gasteiger partial charge in [-0.15, -0.1) is 0 Å². The van der Waals surface area contributed by atoms with Gasteiger partial charge in [-0.05, 0) is 47.2 Å². The van der Waals surface area contributed by atoms with E-state index >= 15 is 0 Å². The third-order valence-corrected chi connectivity index (χ3v) is 7.58. The van der Waals surface area contributed by atoms with E-state index in [0.29, 0.717) is 11.6 Å². The molecule has 1 aliphatic carbocycles. The fourth-order valence-corrected chi connectivity index (χ4v) is 6.01. The van der Waals surface area contributed by atoms with E-state index in [2.05, 4.69) is 41.3 Å². The fourth-order valence-electron chi connectivity index (χ4n) is 6.01. The Morgan fingerprint density at radius 3 is 2.52 bits per heavy atom. The van der Waals surface area contributed by atoms with Crippen LogP contribution in [0, 0.1) is 0 Å². The number of piperidine rings is 1. The minimum absolute atomic E-state index is 0.0880. The third kappa shape index (κ3) is 2.64. The minimum atomic E-state index is -1.60. The number of nitrogens with zero attached hydrogens (tertiary/aromatic N) is 2. The van der Waals surface area contributed by atoms with Crippen molar-refractivity contribution in [2.75, 3.05) is 24.5 Å². The van der Waals surface area contributed by atoms with Crippen LogP contribution in [0.2, 0.25) is 0 Å². The van der Waals surface area contributed by atoms with Gasteiger partial charge in [0.15, 0.2) is 5.60 Å². The molecular weight excluding hydrogens is 386 g/mol. The molecule has 1 amide bonds. The van der Waals surface area contributed by atoms with Crippen LogP contribution in [0.1, 0.15) is 35.6 Å². The Kier molecular flexibility index (Phi) is 4.22. The molecule has 2 unspecified atom stereocenters. The van der Waals surface area contributed by atoms with Crippen LogP contribution < -0.4 is 10.6 Å². The number of aliphatic hydroxyl groups is 1. The van der Waals surface area contributed by atoms with Gasteiger partial charge < -0.3 is 15.7 Å². The topological polar surface area (TPSA) is 69.8 Å². The summed E-state index contributed by atoms with van der Waals surface area (Å²) in [5, 5.41) is 13.8. The summed E-state index contributed by atoms with van der Waals surface area (Å²) < 4.78 is 0. The first-order chi connectivity index (χ1) is 15.1. The molecule has 3 aromatic carbocycles. The van der Waals surface area contributed by atoms with Crippen LogP contribution in [-0.2, 0) is 16.8 Å². The molecule has 2 aliphatic heterocycles. The van der Waals surface area contributed by atoms with Crippen molar-refractivity contribution in [1.29, 1.82) is 0 Å². The van der Waals surface area contributed by atoms with Gasteiger partial charge in [-0.3, -0.25) is 9.69 Å². The van der Waals surface area contributed by atoms with Crippen LogP contribution in [-0.4, -0.2) is 41.6 Å². The van der Waals surface area contributed by atoms with Gasteiger partial charge in [0.1, 0.15) is 0 Å². The predicted octanol–water partition coefficient (Wildman–Crippen LogP) is 3.09. The molecule has 3 N–H and O–H groups in total. The average molecular weight is 414 g/mol.